The highest BCUT2D eigenvalue weighted by Crippen LogP contribution is 2.16. The maximum atomic E-state index is 11.4. The Labute approximate surface area is 88.7 Å². The first-order valence-electron chi connectivity index (χ1n) is 4.96. The maximum Gasteiger partial charge on any atom is 0.248 e. The van der Waals surface area contributed by atoms with Gasteiger partial charge in [-0.05, 0) is 12.8 Å². The van der Waals surface area contributed by atoms with Crippen LogP contribution in [0.5, 0.6) is 0 Å². The molecule has 1 saturated heterocycles. The molecule has 1 aliphatic rings. The normalized spacial score (nSPS) is 17.6. The lowest BCUT2D eigenvalue weighted by molar-refractivity contribution is -0.138. The zero-order chi connectivity index (χ0) is 11.3. The van der Waals surface area contributed by atoms with Crippen molar-refractivity contribution in [2.75, 3.05) is 26.8 Å². The Morgan fingerprint density at radius 3 is 2.53 bits per heavy atom. The molecule has 3 N–H and O–H groups in total. The average Bonchev–Trinajstić information content (AvgIpc) is 2.28. The van der Waals surface area contributed by atoms with Crippen LogP contribution < -0.4 is 11.3 Å². The molecule has 0 radical (unpaired) electrons. The maximum absolute atomic E-state index is 11.4. The SMILES string of the molecule is COCC(=O)N1CCC(C(=O)NN)CC1. The Balaban J connectivity index is 2.35. The van der Waals surface area contributed by atoms with E-state index >= 15 is 0 Å². The molecule has 1 fully saturated rings. The van der Waals surface area contributed by atoms with Crippen LogP contribution in [0.1, 0.15) is 12.8 Å². The van der Waals surface area contributed by atoms with Crippen LogP contribution >= 0.6 is 0 Å². The lowest BCUT2D eigenvalue weighted by Crippen LogP contribution is -2.45. The zero-order valence-electron chi connectivity index (χ0n) is 8.86. The van der Waals surface area contributed by atoms with Gasteiger partial charge in [-0.2, -0.15) is 0 Å². The molecule has 0 unspecified atom stereocenters. The first-order chi connectivity index (χ1) is 7.19. The first-order valence-corrected chi connectivity index (χ1v) is 4.96. The molecule has 0 atom stereocenters. The van der Waals surface area contributed by atoms with E-state index in [-0.39, 0.29) is 24.3 Å². The largest absolute Gasteiger partial charge is 0.375 e. The molecule has 1 heterocycles. The number of hydrogen-bond donors (Lipinski definition) is 2. The fourth-order valence-electron chi connectivity index (χ4n) is 1.72. The van der Waals surface area contributed by atoms with E-state index < -0.39 is 0 Å². The highest BCUT2D eigenvalue weighted by atomic mass is 16.5. The fraction of sp³-hybridized carbons (Fsp3) is 0.778. The second-order valence-corrected chi connectivity index (χ2v) is 3.60. The van der Waals surface area contributed by atoms with Gasteiger partial charge in [-0.25, -0.2) is 5.84 Å². The number of hydrogen-bond acceptors (Lipinski definition) is 4. The molecule has 15 heavy (non-hydrogen) atoms. The highest BCUT2D eigenvalue weighted by molar-refractivity contribution is 5.80. The molecule has 6 heteroatoms. The molecule has 0 aromatic carbocycles. The van der Waals surface area contributed by atoms with Gasteiger partial charge in [0, 0.05) is 26.1 Å². The number of methoxy groups -OCH3 is 1. The van der Waals surface area contributed by atoms with E-state index in [2.05, 4.69) is 5.43 Å². The summed E-state index contributed by atoms with van der Waals surface area (Å²) in [6.45, 7) is 1.30. The number of nitrogens with zero attached hydrogens (tertiary/aromatic N) is 1. The molecular formula is C9H17N3O3. The Morgan fingerprint density at radius 2 is 2.07 bits per heavy atom. The summed E-state index contributed by atoms with van der Waals surface area (Å²) in [4.78, 5) is 24.3. The van der Waals surface area contributed by atoms with Gasteiger partial charge in [0.05, 0.1) is 0 Å². The Hall–Kier alpha value is -1.14. The number of carbonyl (C=O) groups is 2. The van der Waals surface area contributed by atoms with E-state index in [9.17, 15) is 9.59 Å². The van der Waals surface area contributed by atoms with Crippen LogP contribution in [0.2, 0.25) is 0 Å². The molecule has 1 aliphatic heterocycles. The molecular weight excluding hydrogens is 198 g/mol. The van der Waals surface area contributed by atoms with Gasteiger partial charge in [-0.3, -0.25) is 15.0 Å². The second-order valence-electron chi connectivity index (χ2n) is 3.60. The third-order valence-corrected chi connectivity index (χ3v) is 2.63. The predicted molar refractivity (Wildman–Crippen MR) is 53.5 cm³/mol. The van der Waals surface area contributed by atoms with E-state index in [1.807, 2.05) is 0 Å². The van der Waals surface area contributed by atoms with Crippen molar-refractivity contribution in [1.29, 1.82) is 0 Å². The Kier molecular flexibility index (Phi) is 4.51. The van der Waals surface area contributed by atoms with Gasteiger partial charge >= 0.3 is 0 Å². The fourth-order valence-corrected chi connectivity index (χ4v) is 1.72. The van der Waals surface area contributed by atoms with Crippen LogP contribution in [0, 0.1) is 5.92 Å². The van der Waals surface area contributed by atoms with Crippen molar-refractivity contribution >= 4 is 11.8 Å². The molecule has 86 valence electrons. The van der Waals surface area contributed by atoms with Crippen LogP contribution in [0.3, 0.4) is 0 Å². The summed E-state index contributed by atoms with van der Waals surface area (Å²) in [5, 5.41) is 0. The molecule has 0 bridgehead atoms. The van der Waals surface area contributed by atoms with Crippen molar-refractivity contribution in [1.82, 2.24) is 10.3 Å². The van der Waals surface area contributed by atoms with Crippen molar-refractivity contribution in [3.63, 3.8) is 0 Å². The van der Waals surface area contributed by atoms with Crippen LogP contribution in [0.4, 0.5) is 0 Å². The summed E-state index contributed by atoms with van der Waals surface area (Å²) >= 11 is 0. The number of hydrazine groups is 1. The Morgan fingerprint density at radius 1 is 1.47 bits per heavy atom. The van der Waals surface area contributed by atoms with Gasteiger partial charge in [0.15, 0.2) is 0 Å². The molecule has 0 spiro atoms. The lowest BCUT2D eigenvalue weighted by atomic mass is 9.96. The van der Waals surface area contributed by atoms with Crippen LogP contribution in [0.25, 0.3) is 0 Å². The third-order valence-electron chi connectivity index (χ3n) is 2.63. The number of likely N-dealkylation sites (tertiary alicyclic amines) is 1. The quantitative estimate of drug-likeness (QED) is 0.354. The molecule has 0 aromatic rings. The minimum absolute atomic E-state index is 0.0240. The molecule has 0 aromatic heterocycles. The van der Waals surface area contributed by atoms with Gasteiger partial charge in [0.1, 0.15) is 6.61 Å². The monoisotopic (exact) mass is 215 g/mol. The van der Waals surface area contributed by atoms with Crippen molar-refractivity contribution in [2.45, 2.75) is 12.8 Å². The van der Waals surface area contributed by atoms with Gasteiger partial charge in [0.25, 0.3) is 0 Å². The topological polar surface area (TPSA) is 84.7 Å². The van der Waals surface area contributed by atoms with Crippen molar-refractivity contribution in [3.8, 4) is 0 Å². The first kappa shape index (κ1) is 11.9. The number of nitrogens with two attached hydrogens (primary N) is 1. The van der Waals surface area contributed by atoms with Gasteiger partial charge in [-0.1, -0.05) is 0 Å². The van der Waals surface area contributed by atoms with E-state index in [1.165, 1.54) is 7.11 Å². The summed E-state index contributed by atoms with van der Waals surface area (Å²) in [7, 11) is 1.49. The summed E-state index contributed by atoms with van der Waals surface area (Å²) < 4.78 is 4.76. The van der Waals surface area contributed by atoms with Crippen molar-refractivity contribution < 1.29 is 14.3 Å². The van der Waals surface area contributed by atoms with E-state index in [0.29, 0.717) is 25.9 Å². The number of rotatable bonds is 3. The van der Waals surface area contributed by atoms with E-state index in [4.69, 9.17) is 10.6 Å². The minimum atomic E-state index is -0.145. The third kappa shape index (κ3) is 3.17. The highest BCUT2D eigenvalue weighted by Gasteiger charge is 2.26. The minimum Gasteiger partial charge on any atom is -0.375 e. The molecule has 6 nitrogen and oxygen atoms in total. The van der Waals surface area contributed by atoms with E-state index in [1.54, 1.807) is 4.90 Å². The standard InChI is InChI=1S/C9H17N3O3/c1-15-6-8(13)12-4-2-7(3-5-12)9(14)11-10/h7H,2-6,10H2,1H3,(H,11,14). The van der Waals surface area contributed by atoms with Gasteiger partial charge in [-0.15, -0.1) is 0 Å². The summed E-state index contributed by atoms with van der Waals surface area (Å²) in [6.07, 6.45) is 1.33. The van der Waals surface area contributed by atoms with Gasteiger partial charge in [0.2, 0.25) is 11.8 Å². The number of carbonyl (C=O) groups excluding carboxylic acids is 2. The molecule has 0 aliphatic carbocycles. The van der Waals surface area contributed by atoms with Crippen LogP contribution in [-0.2, 0) is 14.3 Å². The Bertz CT molecular complexity index is 237. The summed E-state index contributed by atoms with van der Waals surface area (Å²) in [6, 6.07) is 0. The number of piperidine rings is 1. The number of nitrogens with one attached hydrogen (secondary N) is 1. The zero-order valence-corrected chi connectivity index (χ0v) is 8.86. The smallest absolute Gasteiger partial charge is 0.248 e. The molecule has 1 rings (SSSR count). The van der Waals surface area contributed by atoms with Gasteiger partial charge < -0.3 is 9.64 Å². The van der Waals surface area contributed by atoms with Crippen LogP contribution in [0.15, 0.2) is 0 Å². The van der Waals surface area contributed by atoms with E-state index in [0.717, 1.165) is 0 Å². The number of amides is 2. The van der Waals surface area contributed by atoms with Crippen molar-refractivity contribution in [3.05, 3.63) is 0 Å². The molecule has 2 amide bonds. The summed E-state index contributed by atoms with van der Waals surface area (Å²) in [5.41, 5.74) is 2.14. The summed E-state index contributed by atoms with van der Waals surface area (Å²) in [5.74, 6) is 4.81. The average molecular weight is 215 g/mol. The molecule has 0 saturated carbocycles. The van der Waals surface area contributed by atoms with Crippen molar-refractivity contribution in [2.24, 2.45) is 11.8 Å². The lowest BCUT2D eigenvalue weighted by Gasteiger charge is -2.30. The number of ether oxygens (including phenoxy) is 1. The predicted octanol–water partition coefficient (Wildman–Crippen LogP) is -1.14. The second kappa shape index (κ2) is 5.67. The van der Waals surface area contributed by atoms with Crippen LogP contribution in [-0.4, -0.2) is 43.5 Å².